The molecule has 0 rings (SSSR count). The summed E-state index contributed by atoms with van der Waals surface area (Å²) in [4.78, 5) is 4.28. The third-order valence-electron chi connectivity index (χ3n) is 3.11. The van der Waals surface area contributed by atoms with Crippen molar-refractivity contribution in [1.29, 1.82) is 5.41 Å². The van der Waals surface area contributed by atoms with Gasteiger partial charge in [-0.05, 0) is 44.9 Å². The molecule has 3 N–H and O–H groups in total. The van der Waals surface area contributed by atoms with E-state index < -0.39 is 0 Å². The molecular formula is C15H27N3. The Morgan fingerprint density at radius 2 is 2.06 bits per heavy atom. The van der Waals surface area contributed by atoms with Crippen molar-refractivity contribution < 1.29 is 0 Å². The molecule has 0 aliphatic heterocycles. The lowest BCUT2D eigenvalue weighted by Gasteiger charge is -2.16. The molecule has 3 heteroatoms. The van der Waals surface area contributed by atoms with Gasteiger partial charge in [-0.25, -0.2) is 0 Å². The van der Waals surface area contributed by atoms with E-state index in [2.05, 4.69) is 25.4 Å². The zero-order valence-electron chi connectivity index (χ0n) is 12.2. The van der Waals surface area contributed by atoms with Crippen molar-refractivity contribution in [3.05, 3.63) is 24.0 Å². The monoisotopic (exact) mass is 249 g/mol. The van der Waals surface area contributed by atoms with Gasteiger partial charge >= 0.3 is 0 Å². The Morgan fingerprint density at radius 3 is 2.44 bits per heavy atom. The topological polar surface area (TPSA) is 62.2 Å². The zero-order valence-corrected chi connectivity index (χ0v) is 12.2. The van der Waals surface area contributed by atoms with Gasteiger partial charge in [0.05, 0.1) is 17.1 Å². The third-order valence-corrected chi connectivity index (χ3v) is 3.11. The van der Waals surface area contributed by atoms with Crippen molar-refractivity contribution in [3.8, 4) is 0 Å². The first-order chi connectivity index (χ1) is 8.43. The lowest BCUT2D eigenvalue weighted by Crippen LogP contribution is -2.11. The van der Waals surface area contributed by atoms with Crippen LogP contribution in [0.15, 0.2) is 29.0 Å². The van der Waals surface area contributed by atoms with Gasteiger partial charge in [0, 0.05) is 6.21 Å². The van der Waals surface area contributed by atoms with E-state index in [1.165, 1.54) is 0 Å². The Bertz CT molecular complexity index is 338. The molecule has 0 heterocycles. The van der Waals surface area contributed by atoms with Gasteiger partial charge in [0.15, 0.2) is 0 Å². The number of allylic oxidation sites excluding steroid dienone is 3. The summed E-state index contributed by atoms with van der Waals surface area (Å²) in [6.07, 6.45) is 6.70. The molecule has 0 aromatic carbocycles. The maximum atomic E-state index is 7.56. The molecular weight excluding hydrogens is 222 g/mol. The second kappa shape index (κ2) is 8.67. The van der Waals surface area contributed by atoms with Crippen molar-refractivity contribution in [2.24, 2.45) is 22.6 Å². The fourth-order valence-electron chi connectivity index (χ4n) is 1.87. The average Bonchev–Trinajstić information content (AvgIpc) is 2.31. The van der Waals surface area contributed by atoms with E-state index in [1.54, 1.807) is 13.1 Å². The first kappa shape index (κ1) is 16.6. The molecule has 102 valence electrons. The van der Waals surface area contributed by atoms with Gasteiger partial charge in [-0.2, -0.15) is 0 Å². The highest BCUT2D eigenvalue weighted by Crippen LogP contribution is 2.21. The summed E-state index contributed by atoms with van der Waals surface area (Å²) in [5.41, 5.74) is 7.60. The standard InChI is InChI=1S/C15H27N3/c1-6-13(11(3)4)9-8-10-14(18-7-2)15(17)12(5)16/h6-7,11,13,16H,1,8-10,17H2,2-5H3/b15-14+,16-12?,18-7-. The summed E-state index contributed by atoms with van der Waals surface area (Å²) in [5.74, 6) is 1.16. The second-order valence-electron chi connectivity index (χ2n) is 4.91. The van der Waals surface area contributed by atoms with Gasteiger partial charge in [0.2, 0.25) is 0 Å². The Hall–Kier alpha value is -1.38. The highest BCUT2D eigenvalue weighted by Gasteiger charge is 2.10. The van der Waals surface area contributed by atoms with E-state index in [1.807, 2.05) is 13.0 Å². The number of nitrogens with one attached hydrogen (secondary N) is 1. The average molecular weight is 249 g/mol. The van der Waals surface area contributed by atoms with Gasteiger partial charge < -0.3 is 11.1 Å². The Balaban J connectivity index is 4.52. The Kier molecular flexibility index (Phi) is 8.01. The minimum atomic E-state index is 0.389. The molecule has 0 amide bonds. The van der Waals surface area contributed by atoms with Crippen LogP contribution in [0.1, 0.15) is 47.0 Å². The molecule has 0 aliphatic carbocycles. The normalized spacial score (nSPS) is 14.7. The van der Waals surface area contributed by atoms with Crippen LogP contribution in [-0.4, -0.2) is 11.9 Å². The molecule has 0 fully saturated rings. The molecule has 1 atom stereocenters. The molecule has 0 saturated heterocycles. The van der Waals surface area contributed by atoms with Crippen LogP contribution < -0.4 is 5.73 Å². The summed E-state index contributed by atoms with van der Waals surface area (Å²) < 4.78 is 0. The van der Waals surface area contributed by atoms with Crippen molar-refractivity contribution >= 4 is 11.9 Å². The molecule has 0 radical (unpaired) electrons. The smallest absolute Gasteiger partial charge is 0.0741 e. The van der Waals surface area contributed by atoms with E-state index in [4.69, 9.17) is 11.1 Å². The van der Waals surface area contributed by atoms with Crippen LogP contribution in [0, 0.1) is 17.2 Å². The highest BCUT2D eigenvalue weighted by molar-refractivity contribution is 5.95. The van der Waals surface area contributed by atoms with Crippen molar-refractivity contribution in [3.63, 3.8) is 0 Å². The summed E-state index contributed by atoms with van der Waals surface area (Å²) >= 11 is 0. The van der Waals surface area contributed by atoms with Crippen LogP contribution in [-0.2, 0) is 0 Å². The van der Waals surface area contributed by atoms with Crippen LogP contribution in [0.3, 0.4) is 0 Å². The van der Waals surface area contributed by atoms with E-state index >= 15 is 0 Å². The molecule has 0 bridgehead atoms. The van der Waals surface area contributed by atoms with Gasteiger partial charge in [-0.3, -0.25) is 4.99 Å². The van der Waals surface area contributed by atoms with E-state index in [0.717, 1.165) is 25.0 Å². The fourth-order valence-corrected chi connectivity index (χ4v) is 1.87. The van der Waals surface area contributed by atoms with Gasteiger partial charge in [-0.15, -0.1) is 6.58 Å². The quantitative estimate of drug-likeness (QED) is 0.497. The predicted molar refractivity (Wildman–Crippen MR) is 81.2 cm³/mol. The van der Waals surface area contributed by atoms with Crippen molar-refractivity contribution in [1.82, 2.24) is 0 Å². The third kappa shape index (κ3) is 5.80. The van der Waals surface area contributed by atoms with Crippen LogP contribution in [0.4, 0.5) is 0 Å². The first-order valence-corrected chi connectivity index (χ1v) is 6.59. The molecule has 1 unspecified atom stereocenters. The number of nitrogens with zero attached hydrogens (tertiary/aromatic N) is 1. The summed E-state index contributed by atoms with van der Waals surface area (Å²) in [7, 11) is 0. The number of nitrogens with two attached hydrogens (primary N) is 1. The maximum Gasteiger partial charge on any atom is 0.0741 e. The molecule has 0 saturated carbocycles. The van der Waals surface area contributed by atoms with E-state index in [-0.39, 0.29) is 0 Å². The molecule has 18 heavy (non-hydrogen) atoms. The van der Waals surface area contributed by atoms with Crippen molar-refractivity contribution in [2.75, 3.05) is 0 Å². The lowest BCUT2D eigenvalue weighted by molar-refractivity contribution is 0.425. The summed E-state index contributed by atoms with van der Waals surface area (Å²) in [6, 6.07) is 0. The molecule has 0 aromatic rings. The SMILES string of the molecule is C=CC(CCCC(/N=C\C)=C(\N)C(C)=N)C(C)C. The van der Waals surface area contributed by atoms with E-state index in [0.29, 0.717) is 23.2 Å². The maximum absolute atomic E-state index is 7.56. The highest BCUT2D eigenvalue weighted by atomic mass is 14.8. The minimum absolute atomic E-state index is 0.389. The molecule has 0 aliphatic rings. The van der Waals surface area contributed by atoms with Crippen LogP contribution in [0.25, 0.3) is 0 Å². The number of aliphatic imine (C=N–C) groups is 1. The van der Waals surface area contributed by atoms with Crippen molar-refractivity contribution in [2.45, 2.75) is 47.0 Å². The van der Waals surface area contributed by atoms with Gasteiger partial charge in [0.1, 0.15) is 0 Å². The Morgan fingerprint density at radius 1 is 1.44 bits per heavy atom. The van der Waals surface area contributed by atoms with Crippen LogP contribution in [0.5, 0.6) is 0 Å². The fraction of sp³-hybridized carbons (Fsp3) is 0.600. The zero-order chi connectivity index (χ0) is 14.1. The molecule has 0 aromatic heterocycles. The van der Waals surface area contributed by atoms with Gasteiger partial charge in [0.25, 0.3) is 0 Å². The number of hydrogen-bond acceptors (Lipinski definition) is 3. The summed E-state index contributed by atoms with van der Waals surface area (Å²) in [6.45, 7) is 11.9. The van der Waals surface area contributed by atoms with Crippen LogP contribution in [0.2, 0.25) is 0 Å². The largest absolute Gasteiger partial charge is 0.396 e. The number of hydrogen-bond donors (Lipinski definition) is 2. The molecule has 0 spiro atoms. The summed E-state index contributed by atoms with van der Waals surface area (Å²) in [5, 5.41) is 7.56. The lowest BCUT2D eigenvalue weighted by atomic mass is 9.90. The second-order valence-corrected chi connectivity index (χ2v) is 4.91. The van der Waals surface area contributed by atoms with Gasteiger partial charge in [-0.1, -0.05) is 19.9 Å². The Labute approximate surface area is 111 Å². The predicted octanol–water partition coefficient (Wildman–Crippen LogP) is 3.92. The molecule has 3 nitrogen and oxygen atoms in total. The first-order valence-electron chi connectivity index (χ1n) is 6.59. The minimum Gasteiger partial charge on any atom is -0.396 e. The van der Waals surface area contributed by atoms with E-state index in [9.17, 15) is 0 Å². The van der Waals surface area contributed by atoms with Crippen LogP contribution >= 0.6 is 0 Å². The number of rotatable bonds is 8.